The van der Waals surface area contributed by atoms with Gasteiger partial charge in [-0.05, 0) is 55.7 Å². The molecule has 3 N–H and O–H groups in total. The third-order valence-corrected chi connectivity index (χ3v) is 6.63. The zero-order chi connectivity index (χ0) is 28.0. The van der Waals surface area contributed by atoms with Crippen LogP contribution in [0.3, 0.4) is 0 Å². The van der Waals surface area contributed by atoms with Gasteiger partial charge >= 0.3 is 12.2 Å². The van der Waals surface area contributed by atoms with Crippen LogP contribution in [0.15, 0.2) is 42.5 Å². The van der Waals surface area contributed by atoms with E-state index in [-0.39, 0.29) is 31.4 Å². The van der Waals surface area contributed by atoms with Gasteiger partial charge in [0.25, 0.3) is 5.91 Å². The number of hydrogen-bond acceptors (Lipinski definition) is 4. The highest BCUT2D eigenvalue weighted by molar-refractivity contribution is 6.42. The number of ketones is 1. The molecule has 3 rings (SSSR count). The molecule has 0 aliphatic carbocycles. The Morgan fingerprint density at radius 3 is 2.53 bits per heavy atom. The Kier molecular flexibility index (Phi) is 9.61. The number of halogens is 5. The molecule has 2 aromatic rings. The zero-order valence-corrected chi connectivity index (χ0v) is 21.7. The molecule has 0 bridgehead atoms. The molecule has 1 fully saturated rings. The van der Waals surface area contributed by atoms with Crippen LogP contribution in [0.25, 0.3) is 0 Å². The lowest BCUT2D eigenvalue weighted by Crippen LogP contribution is -2.41. The molecule has 4 amide bonds. The number of rotatable bonds is 9. The first kappa shape index (κ1) is 29.2. The second-order valence-electron chi connectivity index (χ2n) is 8.82. The number of nitrogens with one attached hydrogen (secondary N) is 3. The average molecular weight is 573 g/mol. The molecule has 8 nitrogen and oxygen atoms in total. The lowest BCUT2D eigenvalue weighted by atomic mass is 10.0. The van der Waals surface area contributed by atoms with Gasteiger partial charge in [-0.25, -0.2) is 4.79 Å². The fraction of sp³-hybridized carbons (Fsp3) is 0.360. The monoisotopic (exact) mass is 572 g/mol. The van der Waals surface area contributed by atoms with E-state index in [1.807, 2.05) is 6.07 Å². The number of aryl methyl sites for hydroxylation is 1. The maximum absolute atomic E-state index is 12.8. The fourth-order valence-corrected chi connectivity index (χ4v) is 4.15. The van der Waals surface area contributed by atoms with E-state index in [0.29, 0.717) is 22.9 Å². The summed E-state index contributed by atoms with van der Waals surface area (Å²) < 4.78 is 38.4. The molecule has 1 heterocycles. The van der Waals surface area contributed by atoms with E-state index in [4.69, 9.17) is 23.2 Å². The molecule has 1 aliphatic heterocycles. The van der Waals surface area contributed by atoms with Crippen molar-refractivity contribution in [3.05, 3.63) is 63.6 Å². The minimum atomic E-state index is -4.55. The predicted molar refractivity (Wildman–Crippen MR) is 136 cm³/mol. The van der Waals surface area contributed by atoms with Gasteiger partial charge in [0.2, 0.25) is 11.7 Å². The van der Waals surface area contributed by atoms with Gasteiger partial charge in [-0.1, -0.05) is 35.3 Å². The Morgan fingerprint density at radius 1 is 1.11 bits per heavy atom. The fourth-order valence-electron chi connectivity index (χ4n) is 3.83. The van der Waals surface area contributed by atoms with Crippen molar-refractivity contribution in [2.24, 2.45) is 5.92 Å². The normalized spacial score (nSPS) is 16.4. The number of anilines is 1. The summed E-state index contributed by atoms with van der Waals surface area (Å²) in [7, 11) is 0. The molecule has 1 aliphatic rings. The molecule has 0 saturated carbocycles. The van der Waals surface area contributed by atoms with Gasteiger partial charge in [0, 0.05) is 31.4 Å². The van der Waals surface area contributed by atoms with Gasteiger partial charge in [0.05, 0.1) is 15.6 Å². The number of urea groups is 1. The maximum Gasteiger partial charge on any atom is 0.416 e. The summed E-state index contributed by atoms with van der Waals surface area (Å²) in [6.45, 7) is 1.50. The van der Waals surface area contributed by atoms with E-state index in [2.05, 4.69) is 16.0 Å². The minimum absolute atomic E-state index is 0.0583. The summed E-state index contributed by atoms with van der Waals surface area (Å²) in [4.78, 5) is 50.5. The number of hydrogen-bond donors (Lipinski definition) is 3. The number of carbonyl (C=O) groups is 4. The zero-order valence-electron chi connectivity index (χ0n) is 20.2. The van der Waals surface area contributed by atoms with Crippen molar-refractivity contribution in [2.45, 2.75) is 32.0 Å². The van der Waals surface area contributed by atoms with Gasteiger partial charge in [-0.2, -0.15) is 13.2 Å². The van der Waals surface area contributed by atoms with Crippen LogP contribution in [0.2, 0.25) is 10.0 Å². The summed E-state index contributed by atoms with van der Waals surface area (Å²) in [5.41, 5.74) is -0.0392. The number of benzene rings is 2. The van der Waals surface area contributed by atoms with Crippen molar-refractivity contribution < 1.29 is 32.3 Å². The van der Waals surface area contributed by atoms with Crippen LogP contribution in [-0.2, 0) is 27.0 Å². The van der Waals surface area contributed by atoms with E-state index in [1.54, 1.807) is 19.1 Å². The Hall–Kier alpha value is -3.31. The number of nitrogens with zero attached hydrogens (tertiary/aromatic N) is 1. The summed E-state index contributed by atoms with van der Waals surface area (Å²) in [6.07, 6.45) is -3.38. The predicted octanol–water partition coefficient (Wildman–Crippen LogP) is 4.30. The quantitative estimate of drug-likeness (QED) is 0.307. The Bertz CT molecular complexity index is 1230. The summed E-state index contributed by atoms with van der Waals surface area (Å²) >= 11 is 11.9. The number of likely N-dealkylation sites (tertiary alicyclic amines) is 1. The summed E-state index contributed by atoms with van der Waals surface area (Å²) in [5, 5.41) is 8.31. The highest BCUT2D eigenvalue weighted by atomic mass is 35.5. The van der Waals surface area contributed by atoms with E-state index in [0.717, 1.165) is 28.7 Å². The highest BCUT2D eigenvalue weighted by Gasteiger charge is 2.43. The second-order valence-corrected chi connectivity index (χ2v) is 9.64. The molecular formula is C25H25Cl2F3N4O4. The number of Topliss-reactive ketones (excluding diaryl/α,β-unsaturated/α-hetero) is 1. The van der Waals surface area contributed by atoms with E-state index in [1.165, 1.54) is 6.07 Å². The molecule has 0 spiro atoms. The van der Waals surface area contributed by atoms with Crippen molar-refractivity contribution in [2.75, 3.05) is 25.0 Å². The van der Waals surface area contributed by atoms with Crippen LogP contribution in [0.5, 0.6) is 0 Å². The molecule has 204 valence electrons. The van der Waals surface area contributed by atoms with Gasteiger partial charge in [-0.15, -0.1) is 0 Å². The Morgan fingerprint density at radius 2 is 1.84 bits per heavy atom. The standard InChI is InChI=1S/C25H25Cl2F3N4O4/c1-14(5-6-15-7-8-19(26)20(27)11-15)32-22(36)18-13-34(23(37)21(18)35)10-9-31-24(38)33-17-4-2-3-16(12-17)25(28,29)30/h2-4,7-8,11-12,14,18H,5-6,9-10,13H2,1H3,(H,32,36)(H2,31,33,38). The lowest BCUT2D eigenvalue weighted by molar-refractivity contribution is -0.142. The van der Waals surface area contributed by atoms with Gasteiger partial charge in [0.1, 0.15) is 5.92 Å². The first-order chi connectivity index (χ1) is 17.8. The van der Waals surface area contributed by atoms with Gasteiger partial charge < -0.3 is 20.9 Å². The van der Waals surface area contributed by atoms with Crippen LogP contribution >= 0.6 is 23.2 Å². The smallest absolute Gasteiger partial charge is 0.353 e. The van der Waals surface area contributed by atoms with E-state index < -0.39 is 41.3 Å². The Balaban J connectivity index is 1.44. The van der Waals surface area contributed by atoms with Gasteiger partial charge in [-0.3, -0.25) is 14.4 Å². The first-order valence-corrected chi connectivity index (χ1v) is 12.4. The highest BCUT2D eigenvalue weighted by Crippen LogP contribution is 2.30. The third kappa shape index (κ3) is 7.84. The SMILES string of the molecule is CC(CCc1ccc(Cl)c(Cl)c1)NC(=O)C1CN(CCNC(=O)Nc2cccc(C(F)(F)F)c2)C(=O)C1=O. The van der Waals surface area contributed by atoms with Crippen LogP contribution < -0.4 is 16.0 Å². The van der Waals surface area contributed by atoms with Crippen LogP contribution in [0.1, 0.15) is 24.5 Å². The summed E-state index contributed by atoms with van der Waals surface area (Å²) in [5.74, 6) is -3.42. The molecule has 2 aromatic carbocycles. The number of amides is 4. The molecule has 0 aromatic heterocycles. The van der Waals surface area contributed by atoms with Crippen LogP contribution in [0, 0.1) is 5.92 Å². The largest absolute Gasteiger partial charge is 0.416 e. The van der Waals surface area contributed by atoms with E-state index >= 15 is 0 Å². The Labute approximate surface area is 226 Å². The molecular weight excluding hydrogens is 548 g/mol. The number of carbonyl (C=O) groups excluding carboxylic acids is 4. The lowest BCUT2D eigenvalue weighted by Gasteiger charge is -2.18. The van der Waals surface area contributed by atoms with Gasteiger partial charge in [0.15, 0.2) is 0 Å². The molecule has 38 heavy (non-hydrogen) atoms. The van der Waals surface area contributed by atoms with Crippen molar-refractivity contribution in [1.82, 2.24) is 15.5 Å². The van der Waals surface area contributed by atoms with Crippen molar-refractivity contribution >= 4 is 52.5 Å². The van der Waals surface area contributed by atoms with Crippen molar-refractivity contribution in [3.8, 4) is 0 Å². The summed E-state index contributed by atoms with van der Waals surface area (Å²) in [6, 6.07) is 8.31. The topological polar surface area (TPSA) is 108 Å². The number of alkyl halides is 3. The molecule has 1 saturated heterocycles. The first-order valence-electron chi connectivity index (χ1n) is 11.6. The van der Waals surface area contributed by atoms with Crippen LogP contribution in [0.4, 0.5) is 23.7 Å². The third-order valence-electron chi connectivity index (χ3n) is 5.89. The van der Waals surface area contributed by atoms with E-state index in [9.17, 15) is 32.3 Å². The second kappa shape index (κ2) is 12.5. The van der Waals surface area contributed by atoms with Crippen LogP contribution in [-0.4, -0.2) is 54.2 Å². The average Bonchev–Trinajstić information content (AvgIpc) is 3.13. The molecule has 2 unspecified atom stereocenters. The molecule has 0 radical (unpaired) electrons. The van der Waals surface area contributed by atoms with Crippen molar-refractivity contribution in [1.29, 1.82) is 0 Å². The minimum Gasteiger partial charge on any atom is -0.353 e. The maximum atomic E-state index is 12.8. The molecule has 13 heteroatoms. The molecule has 2 atom stereocenters. The van der Waals surface area contributed by atoms with Crippen molar-refractivity contribution in [3.63, 3.8) is 0 Å².